The van der Waals surface area contributed by atoms with Crippen LogP contribution in [0.2, 0.25) is 5.02 Å². The molecule has 4 nitrogen and oxygen atoms in total. The first kappa shape index (κ1) is 12.0. The predicted octanol–water partition coefficient (Wildman–Crippen LogP) is 2.59. The normalized spacial score (nSPS) is 16.4. The van der Waals surface area contributed by atoms with Gasteiger partial charge in [0, 0.05) is 11.6 Å². The summed E-state index contributed by atoms with van der Waals surface area (Å²) in [4.78, 5) is 11.9. The molecular formula is C12H14ClNO3. The molecule has 17 heavy (non-hydrogen) atoms. The van der Waals surface area contributed by atoms with E-state index in [0.717, 1.165) is 5.56 Å². The molecule has 1 aromatic carbocycles. The average Bonchev–Trinajstić information content (AvgIpc) is 2.51. The van der Waals surface area contributed by atoms with Gasteiger partial charge in [0.25, 0.3) is 0 Å². The molecule has 0 bridgehead atoms. The van der Waals surface area contributed by atoms with Gasteiger partial charge in [-0.05, 0) is 13.8 Å². The van der Waals surface area contributed by atoms with Gasteiger partial charge in [-0.1, -0.05) is 11.6 Å². The molecule has 1 amide bonds. The minimum atomic E-state index is -0.682. The molecule has 0 radical (unpaired) electrons. The number of ether oxygens (including phenoxy) is 2. The lowest BCUT2D eigenvalue weighted by atomic mass is 9.85. The number of halogens is 1. The lowest BCUT2D eigenvalue weighted by Crippen LogP contribution is -2.27. The highest BCUT2D eigenvalue weighted by atomic mass is 35.5. The first-order valence-corrected chi connectivity index (χ1v) is 5.57. The molecule has 5 heteroatoms. The molecule has 2 rings (SSSR count). The number of hydrogen-bond donors (Lipinski definition) is 1. The van der Waals surface area contributed by atoms with E-state index >= 15 is 0 Å². The monoisotopic (exact) mass is 255 g/mol. The average molecular weight is 256 g/mol. The van der Waals surface area contributed by atoms with Crippen molar-refractivity contribution in [2.45, 2.75) is 19.3 Å². The van der Waals surface area contributed by atoms with Crippen LogP contribution in [0.5, 0.6) is 11.5 Å². The van der Waals surface area contributed by atoms with E-state index in [2.05, 4.69) is 5.32 Å². The molecule has 0 spiro atoms. The Hall–Kier alpha value is -1.42. The Bertz CT molecular complexity index is 497. The van der Waals surface area contributed by atoms with Gasteiger partial charge in [0.05, 0.1) is 30.3 Å². The second kappa shape index (κ2) is 3.81. The van der Waals surface area contributed by atoms with Crippen molar-refractivity contribution in [3.63, 3.8) is 0 Å². The number of anilines is 1. The number of hydrogen-bond acceptors (Lipinski definition) is 3. The maximum atomic E-state index is 11.9. The van der Waals surface area contributed by atoms with Crippen molar-refractivity contribution in [1.82, 2.24) is 0 Å². The second-order valence-corrected chi connectivity index (χ2v) is 4.83. The van der Waals surface area contributed by atoms with E-state index < -0.39 is 5.41 Å². The number of methoxy groups -OCH3 is 2. The van der Waals surface area contributed by atoms with Crippen molar-refractivity contribution >= 4 is 23.2 Å². The van der Waals surface area contributed by atoms with Crippen LogP contribution in [0.3, 0.4) is 0 Å². The smallest absolute Gasteiger partial charge is 0.234 e. The zero-order chi connectivity index (χ0) is 12.8. The molecule has 0 saturated carbocycles. The Morgan fingerprint density at radius 2 is 1.94 bits per heavy atom. The fourth-order valence-electron chi connectivity index (χ4n) is 2.07. The number of carbonyl (C=O) groups excluding carboxylic acids is 1. The minimum absolute atomic E-state index is 0.0913. The number of nitrogens with one attached hydrogen (secondary N) is 1. The summed E-state index contributed by atoms with van der Waals surface area (Å²) in [5.41, 5.74) is 0.705. The van der Waals surface area contributed by atoms with Gasteiger partial charge in [-0.3, -0.25) is 4.79 Å². The third-order valence-electron chi connectivity index (χ3n) is 3.05. The van der Waals surface area contributed by atoms with E-state index in [0.29, 0.717) is 22.2 Å². The van der Waals surface area contributed by atoms with Gasteiger partial charge in [0.2, 0.25) is 5.91 Å². The Labute approximate surface area is 105 Å². The number of amides is 1. The zero-order valence-corrected chi connectivity index (χ0v) is 10.9. The Kier molecular flexibility index (Phi) is 2.70. The summed E-state index contributed by atoms with van der Waals surface area (Å²) in [7, 11) is 3.07. The van der Waals surface area contributed by atoms with Crippen LogP contribution in [-0.2, 0) is 10.2 Å². The first-order chi connectivity index (χ1) is 7.93. The molecule has 0 aromatic heterocycles. The van der Waals surface area contributed by atoms with Crippen molar-refractivity contribution in [3.8, 4) is 11.5 Å². The van der Waals surface area contributed by atoms with Crippen LogP contribution in [0.25, 0.3) is 0 Å². The molecule has 0 atom stereocenters. The Balaban J connectivity index is 2.79. The summed E-state index contributed by atoms with van der Waals surface area (Å²) in [5.74, 6) is 0.974. The van der Waals surface area contributed by atoms with Crippen molar-refractivity contribution in [1.29, 1.82) is 0 Å². The van der Waals surface area contributed by atoms with Crippen molar-refractivity contribution in [2.75, 3.05) is 19.5 Å². The Morgan fingerprint density at radius 1 is 1.29 bits per heavy atom. The van der Waals surface area contributed by atoms with Crippen molar-refractivity contribution in [3.05, 3.63) is 16.7 Å². The molecule has 0 fully saturated rings. The lowest BCUT2D eigenvalue weighted by Gasteiger charge is -2.19. The molecule has 0 saturated heterocycles. The van der Waals surface area contributed by atoms with Crippen LogP contribution in [0.15, 0.2) is 6.07 Å². The standard InChI is InChI=1S/C12H14ClNO3/c1-12(2)8-9(14-11(12)15)7(16-3)5-6(13)10(8)17-4/h5H,1-4H3,(H,14,15). The summed E-state index contributed by atoms with van der Waals surface area (Å²) in [6.45, 7) is 3.65. The summed E-state index contributed by atoms with van der Waals surface area (Å²) < 4.78 is 10.5. The highest BCUT2D eigenvalue weighted by Crippen LogP contribution is 2.50. The van der Waals surface area contributed by atoms with Crippen LogP contribution in [0.1, 0.15) is 19.4 Å². The maximum Gasteiger partial charge on any atom is 0.234 e. The van der Waals surface area contributed by atoms with E-state index in [1.165, 1.54) is 14.2 Å². The molecule has 0 unspecified atom stereocenters. The molecule has 1 aromatic rings. The quantitative estimate of drug-likeness (QED) is 0.884. The van der Waals surface area contributed by atoms with E-state index in [-0.39, 0.29) is 5.91 Å². The number of rotatable bonds is 2. The topological polar surface area (TPSA) is 47.6 Å². The van der Waals surface area contributed by atoms with Gasteiger partial charge in [-0.15, -0.1) is 0 Å². The second-order valence-electron chi connectivity index (χ2n) is 4.42. The fourth-order valence-corrected chi connectivity index (χ4v) is 2.34. The van der Waals surface area contributed by atoms with E-state index in [9.17, 15) is 4.79 Å². The predicted molar refractivity (Wildman–Crippen MR) is 66.2 cm³/mol. The first-order valence-electron chi connectivity index (χ1n) is 5.20. The lowest BCUT2D eigenvalue weighted by molar-refractivity contribution is -0.119. The maximum absolute atomic E-state index is 11.9. The van der Waals surface area contributed by atoms with Gasteiger partial charge in [-0.25, -0.2) is 0 Å². The fraction of sp³-hybridized carbons (Fsp3) is 0.417. The van der Waals surface area contributed by atoms with Crippen molar-refractivity contribution < 1.29 is 14.3 Å². The van der Waals surface area contributed by atoms with Gasteiger partial charge in [0.1, 0.15) is 11.5 Å². The Morgan fingerprint density at radius 3 is 2.47 bits per heavy atom. The van der Waals surface area contributed by atoms with E-state index in [4.69, 9.17) is 21.1 Å². The minimum Gasteiger partial charge on any atom is -0.495 e. The van der Waals surface area contributed by atoms with Crippen molar-refractivity contribution in [2.24, 2.45) is 0 Å². The van der Waals surface area contributed by atoms with Crippen LogP contribution in [-0.4, -0.2) is 20.1 Å². The highest BCUT2D eigenvalue weighted by molar-refractivity contribution is 6.33. The molecule has 1 N–H and O–H groups in total. The third kappa shape index (κ3) is 1.55. The summed E-state index contributed by atoms with van der Waals surface area (Å²) in [6.07, 6.45) is 0. The summed E-state index contributed by atoms with van der Waals surface area (Å²) in [5, 5.41) is 3.24. The SMILES string of the molecule is COc1cc(Cl)c(OC)c2c1NC(=O)C2(C)C. The number of carbonyl (C=O) groups is 1. The molecule has 92 valence electrons. The molecule has 1 aliphatic rings. The summed E-state index contributed by atoms with van der Waals surface area (Å²) >= 11 is 6.12. The van der Waals surface area contributed by atoms with Crippen LogP contribution >= 0.6 is 11.6 Å². The molecule has 1 heterocycles. The molecule has 0 aliphatic carbocycles. The highest BCUT2D eigenvalue weighted by Gasteiger charge is 2.43. The van der Waals surface area contributed by atoms with Gasteiger partial charge < -0.3 is 14.8 Å². The number of benzene rings is 1. The van der Waals surface area contributed by atoms with Crippen LogP contribution < -0.4 is 14.8 Å². The van der Waals surface area contributed by atoms with E-state index in [1.54, 1.807) is 6.07 Å². The van der Waals surface area contributed by atoms with Gasteiger partial charge in [-0.2, -0.15) is 0 Å². The number of fused-ring (bicyclic) bond motifs is 1. The summed E-state index contributed by atoms with van der Waals surface area (Å²) in [6, 6.07) is 1.64. The molecular weight excluding hydrogens is 242 g/mol. The van der Waals surface area contributed by atoms with E-state index in [1.807, 2.05) is 13.8 Å². The van der Waals surface area contributed by atoms with Gasteiger partial charge in [0.15, 0.2) is 0 Å². The van der Waals surface area contributed by atoms with Crippen LogP contribution in [0, 0.1) is 0 Å². The third-order valence-corrected chi connectivity index (χ3v) is 3.33. The van der Waals surface area contributed by atoms with Gasteiger partial charge >= 0.3 is 0 Å². The van der Waals surface area contributed by atoms with Crippen LogP contribution in [0.4, 0.5) is 5.69 Å². The largest absolute Gasteiger partial charge is 0.495 e. The molecule has 1 aliphatic heterocycles. The zero-order valence-electron chi connectivity index (χ0n) is 10.2.